The highest BCUT2D eigenvalue weighted by molar-refractivity contribution is 7.86. The molecule has 1 aliphatic rings. The molecule has 1 aliphatic carbocycles. The number of halogens is 1. The second-order valence-corrected chi connectivity index (χ2v) is 10.4. The molecular formula is C26H32FN3O4S. The number of hydrogen-bond donors (Lipinski definition) is 2. The van der Waals surface area contributed by atoms with Gasteiger partial charge in [-0.3, -0.25) is 23.5 Å². The largest absolute Gasteiger partial charge is 0.352 e. The molecule has 3 amide bonds. The standard InChI is InChI=1S/C26H32FN3O4S/c1-18-8-12-22(13-9-18)28-24(31)16-35(34)17-25(32)30(23-14-10-20(27)11-15-23)19(2)26(33)29-21-6-4-3-5-7-21/h8-15,19,21H,3-7,16-17H2,1-2H3,(H,28,31)(H,29,33)/t19-,35-/m1/s1. The van der Waals surface area contributed by atoms with E-state index in [1.54, 1.807) is 19.1 Å². The van der Waals surface area contributed by atoms with Crippen LogP contribution in [0, 0.1) is 12.7 Å². The van der Waals surface area contributed by atoms with Gasteiger partial charge < -0.3 is 10.6 Å². The van der Waals surface area contributed by atoms with Crippen molar-refractivity contribution in [3.05, 3.63) is 59.9 Å². The van der Waals surface area contributed by atoms with Crippen LogP contribution in [0.2, 0.25) is 0 Å². The first-order valence-corrected chi connectivity index (χ1v) is 13.3. The van der Waals surface area contributed by atoms with Crippen molar-refractivity contribution in [2.24, 2.45) is 0 Å². The number of benzene rings is 2. The Balaban J connectivity index is 1.66. The average molecular weight is 502 g/mol. The molecule has 2 N–H and O–H groups in total. The minimum Gasteiger partial charge on any atom is -0.352 e. The average Bonchev–Trinajstić information content (AvgIpc) is 2.82. The Morgan fingerprint density at radius 2 is 1.63 bits per heavy atom. The van der Waals surface area contributed by atoms with Gasteiger partial charge >= 0.3 is 0 Å². The summed E-state index contributed by atoms with van der Waals surface area (Å²) in [5.74, 6) is -2.66. The molecule has 0 aromatic heterocycles. The molecule has 0 aliphatic heterocycles. The lowest BCUT2D eigenvalue weighted by Gasteiger charge is -2.31. The van der Waals surface area contributed by atoms with E-state index < -0.39 is 40.2 Å². The molecule has 0 bridgehead atoms. The lowest BCUT2D eigenvalue weighted by Crippen LogP contribution is -2.52. The van der Waals surface area contributed by atoms with Crippen LogP contribution in [-0.4, -0.2) is 45.5 Å². The molecule has 0 saturated heterocycles. The Morgan fingerprint density at radius 3 is 2.26 bits per heavy atom. The summed E-state index contributed by atoms with van der Waals surface area (Å²) in [4.78, 5) is 39.7. The number of carbonyl (C=O) groups is 3. The second kappa shape index (κ2) is 12.6. The van der Waals surface area contributed by atoms with E-state index in [-0.39, 0.29) is 17.7 Å². The molecule has 0 heterocycles. The molecular weight excluding hydrogens is 469 g/mol. The fourth-order valence-electron chi connectivity index (χ4n) is 4.11. The topological polar surface area (TPSA) is 95.6 Å². The van der Waals surface area contributed by atoms with Crippen molar-refractivity contribution < 1.29 is 23.0 Å². The Bertz CT molecular complexity index is 1050. The summed E-state index contributed by atoms with van der Waals surface area (Å²) in [6, 6.07) is 11.5. The van der Waals surface area contributed by atoms with Crippen LogP contribution in [0.3, 0.4) is 0 Å². The molecule has 7 nitrogen and oxygen atoms in total. The predicted molar refractivity (Wildman–Crippen MR) is 136 cm³/mol. The van der Waals surface area contributed by atoms with Crippen LogP contribution in [0.5, 0.6) is 0 Å². The molecule has 188 valence electrons. The summed E-state index contributed by atoms with van der Waals surface area (Å²) in [7, 11) is -1.80. The zero-order valence-corrected chi connectivity index (χ0v) is 20.9. The molecule has 1 saturated carbocycles. The van der Waals surface area contributed by atoms with E-state index in [1.807, 2.05) is 19.1 Å². The van der Waals surface area contributed by atoms with E-state index >= 15 is 0 Å². The molecule has 2 aromatic carbocycles. The Morgan fingerprint density at radius 1 is 1.00 bits per heavy atom. The first-order chi connectivity index (χ1) is 16.7. The number of rotatable bonds is 9. The monoisotopic (exact) mass is 501 g/mol. The quantitative estimate of drug-likeness (QED) is 0.548. The minimum atomic E-state index is -1.80. The lowest BCUT2D eigenvalue weighted by atomic mass is 9.95. The maximum Gasteiger partial charge on any atom is 0.243 e. The van der Waals surface area contributed by atoms with Gasteiger partial charge in [0.2, 0.25) is 17.7 Å². The Labute approximate surface area is 207 Å². The Hall–Kier alpha value is -3.07. The van der Waals surface area contributed by atoms with Gasteiger partial charge in [0, 0.05) is 28.2 Å². The number of anilines is 2. The van der Waals surface area contributed by atoms with Crippen molar-refractivity contribution in [1.29, 1.82) is 0 Å². The van der Waals surface area contributed by atoms with E-state index in [4.69, 9.17) is 0 Å². The predicted octanol–water partition coefficient (Wildman–Crippen LogP) is 3.69. The first kappa shape index (κ1) is 26.5. The number of hydrogen-bond acceptors (Lipinski definition) is 4. The second-order valence-electron chi connectivity index (χ2n) is 8.90. The fourth-order valence-corrected chi connectivity index (χ4v) is 4.99. The first-order valence-electron chi connectivity index (χ1n) is 11.8. The van der Waals surface area contributed by atoms with Gasteiger partial charge in [-0.05, 0) is 63.1 Å². The van der Waals surface area contributed by atoms with Gasteiger partial charge in [0.05, 0.1) is 0 Å². The third-order valence-electron chi connectivity index (χ3n) is 6.00. The highest BCUT2D eigenvalue weighted by Gasteiger charge is 2.30. The summed E-state index contributed by atoms with van der Waals surface area (Å²) in [5.41, 5.74) is 1.94. The van der Waals surface area contributed by atoms with E-state index in [1.165, 1.54) is 29.2 Å². The maximum atomic E-state index is 13.5. The number of aryl methyl sites for hydroxylation is 1. The van der Waals surface area contributed by atoms with E-state index in [9.17, 15) is 23.0 Å². The highest BCUT2D eigenvalue weighted by Crippen LogP contribution is 2.21. The van der Waals surface area contributed by atoms with Gasteiger partial charge in [0.15, 0.2) is 0 Å². The van der Waals surface area contributed by atoms with Gasteiger partial charge in [-0.15, -0.1) is 0 Å². The van der Waals surface area contributed by atoms with Crippen molar-refractivity contribution in [2.75, 3.05) is 21.7 Å². The third-order valence-corrected chi connectivity index (χ3v) is 7.16. The van der Waals surface area contributed by atoms with E-state index in [2.05, 4.69) is 10.6 Å². The van der Waals surface area contributed by atoms with Crippen molar-refractivity contribution in [1.82, 2.24) is 5.32 Å². The summed E-state index contributed by atoms with van der Waals surface area (Å²) >= 11 is 0. The SMILES string of the molecule is Cc1ccc(NC(=O)C[S@@](=O)CC(=O)N(c2ccc(F)cc2)[C@H](C)C(=O)NC2CCCCC2)cc1. The number of carbonyl (C=O) groups excluding carboxylic acids is 3. The lowest BCUT2D eigenvalue weighted by molar-refractivity contribution is -0.126. The normalized spacial score (nSPS) is 15.6. The van der Waals surface area contributed by atoms with Gasteiger partial charge in [0.1, 0.15) is 23.4 Å². The van der Waals surface area contributed by atoms with Crippen LogP contribution in [0.1, 0.15) is 44.6 Å². The van der Waals surface area contributed by atoms with Crippen LogP contribution in [0.4, 0.5) is 15.8 Å². The van der Waals surface area contributed by atoms with Crippen LogP contribution in [-0.2, 0) is 25.2 Å². The van der Waals surface area contributed by atoms with Crippen LogP contribution < -0.4 is 15.5 Å². The van der Waals surface area contributed by atoms with Crippen LogP contribution in [0.15, 0.2) is 48.5 Å². The number of nitrogens with one attached hydrogen (secondary N) is 2. The van der Waals surface area contributed by atoms with Gasteiger partial charge in [-0.1, -0.05) is 37.0 Å². The fraction of sp³-hybridized carbons (Fsp3) is 0.423. The molecule has 0 unspecified atom stereocenters. The molecule has 3 rings (SSSR count). The van der Waals surface area contributed by atoms with Gasteiger partial charge in [-0.25, -0.2) is 4.39 Å². The molecule has 35 heavy (non-hydrogen) atoms. The smallest absolute Gasteiger partial charge is 0.243 e. The molecule has 0 radical (unpaired) electrons. The summed E-state index contributed by atoms with van der Waals surface area (Å²) in [6.45, 7) is 3.52. The van der Waals surface area contributed by atoms with E-state index in [0.29, 0.717) is 11.4 Å². The highest BCUT2D eigenvalue weighted by atomic mass is 32.2. The molecule has 2 atom stereocenters. The molecule has 9 heteroatoms. The maximum absolute atomic E-state index is 13.5. The van der Waals surface area contributed by atoms with Gasteiger partial charge in [-0.2, -0.15) is 0 Å². The molecule has 0 spiro atoms. The summed E-state index contributed by atoms with van der Waals surface area (Å²) < 4.78 is 26.1. The van der Waals surface area contributed by atoms with Crippen molar-refractivity contribution >= 4 is 39.9 Å². The van der Waals surface area contributed by atoms with Crippen molar-refractivity contribution in [3.63, 3.8) is 0 Å². The Kier molecular flexibility index (Phi) is 9.54. The number of nitrogens with zero attached hydrogens (tertiary/aromatic N) is 1. The van der Waals surface area contributed by atoms with Gasteiger partial charge in [0.25, 0.3) is 0 Å². The van der Waals surface area contributed by atoms with Crippen molar-refractivity contribution in [2.45, 2.75) is 58.0 Å². The number of amides is 3. The summed E-state index contributed by atoms with van der Waals surface area (Å²) in [5, 5.41) is 5.67. The third kappa shape index (κ3) is 7.99. The van der Waals surface area contributed by atoms with Crippen molar-refractivity contribution in [3.8, 4) is 0 Å². The van der Waals surface area contributed by atoms with Crippen LogP contribution >= 0.6 is 0 Å². The minimum absolute atomic E-state index is 0.0588. The molecule has 2 aromatic rings. The zero-order chi connectivity index (χ0) is 25.4. The summed E-state index contributed by atoms with van der Waals surface area (Å²) in [6.07, 6.45) is 5.02. The van der Waals surface area contributed by atoms with Crippen LogP contribution in [0.25, 0.3) is 0 Å². The zero-order valence-electron chi connectivity index (χ0n) is 20.1. The molecule has 1 fully saturated rings. The van der Waals surface area contributed by atoms with E-state index in [0.717, 1.165) is 37.7 Å².